The molecular formula is C27H38O6. The first kappa shape index (κ1) is 24.4. The summed E-state index contributed by atoms with van der Waals surface area (Å²) in [4.78, 5) is 12.9. The Balaban J connectivity index is 1.73. The third-order valence-electron chi connectivity index (χ3n) is 8.82. The van der Waals surface area contributed by atoms with Crippen LogP contribution < -0.4 is 0 Å². The zero-order valence-electron chi connectivity index (χ0n) is 20.2. The molecule has 1 aromatic rings. The first-order valence-electron chi connectivity index (χ1n) is 12.1. The third-order valence-corrected chi connectivity index (χ3v) is 8.82. The standard InChI is InChI=1S/C27H38O6/c1-15-13-19-18(25(19,3)4)11-12-26(5,31)23(29)20-21(16(2)14-27(20,32)22(15)28)33-24(30)17-9-7-6-8-10-17/h6-10,13,16,18-23,28-29,31-32H,11-12,14H2,1-5H3/b15-13+/t16-,18-,19+,20+,21-,22-,23+,26+,27+/m0/s1. The first-order chi connectivity index (χ1) is 15.3. The Hall–Kier alpha value is -1.73. The quantitative estimate of drug-likeness (QED) is 0.401. The molecule has 0 heterocycles. The fraction of sp³-hybridized carbons (Fsp3) is 0.667. The van der Waals surface area contributed by atoms with Crippen LogP contribution in [0.5, 0.6) is 0 Å². The van der Waals surface area contributed by atoms with E-state index in [0.29, 0.717) is 23.5 Å². The number of esters is 1. The number of ether oxygens (including phenoxy) is 1. The summed E-state index contributed by atoms with van der Waals surface area (Å²) in [6.07, 6.45) is -0.239. The van der Waals surface area contributed by atoms with Crippen molar-refractivity contribution in [2.75, 3.05) is 0 Å². The van der Waals surface area contributed by atoms with E-state index in [4.69, 9.17) is 4.74 Å². The molecule has 182 valence electrons. The number of hydrogen-bond donors (Lipinski definition) is 4. The van der Waals surface area contributed by atoms with Gasteiger partial charge in [-0.15, -0.1) is 0 Å². The van der Waals surface area contributed by atoms with E-state index in [2.05, 4.69) is 13.8 Å². The molecule has 0 radical (unpaired) electrons. The zero-order chi connectivity index (χ0) is 24.3. The lowest BCUT2D eigenvalue weighted by molar-refractivity contribution is -0.181. The number of carbonyl (C=O) groups is 1. The van der Waals surface area contributed by atoms with Crippen LogP contribution in [-0.4, -0.2) is 55.9 Å². The van der Waals surface area contributed by atoms with Gasteiger partial charge in [0.15, 0.2) is 0 Å². The number of rotatable bonds is 2. The molecule has 0 amide bonds. The van der Waals surface area contributed by atoms with Gasteiger partial charge in [0.1, 0.15) is 17.8 Å². The van der Waals surface area contributed by atoms with Crippen LogP contribution in [0.1, 0.15) is 64.2 Å². The molecule has 4 N–H and O–H groups in total. The first-order valence-corrected chi connectivity index (χ1v) is 12.1. The summed E-state index contributed by atoms with van der Waals surface area (Å²) in [6.45, 7) is 9.56. The van der Waals surface area contributed by atoms with Crippen molar-refractivity contribution in [3.63, 3.8) is 0 Å². The van der Waals surface area contributed by atoms with E-state index >= 15 is 0 Å². The molecule has 33 heavy (non-hydrogen) atoms. The van der Waals surface area contributed by atoms with Crippen molar-refractivity contribution in [2.45, 2.75) is 83.4 Å². The lowest BCUT2D eigenvalue weighted by Gasteiger charge is -2.43. The Bertz CT molecular complexity index is 922. The summed E-state index contributed by atoms with van der Waals surface area (Å²) in [5.41, 5.74) is -2.19. The van der Waals surface area contributed by atoms with Crippen molar-refractivity contribution in [3.8, 4) is 0 Å². The SMILES string of the molecule is C/C1=C\[C@@H]2[C@H](CC[C@@](C)(O)[C@H](O)[C@H]3[C@@H](OC(=O)c4ccccc4)[C@@H](C)C[C@]3(O)[C@H]1O)C2(C)C. The van der Waals surface area contributed by atoms with Gasteiger partial charge in [-0.25, -0.2) is 4.79 Å². The molecule has 2 fully saturated rings. The molecule has 0 unspecified atom stereocenters. The maximum Gasteiger partial charge on any atom is 0.338 e. The smallest absolute Gasteiger partial charge is 0.338 e. The van der Waals surface area contributed by atoms with E-state index in [1.54, 1.807) is 37.3 Å². The average molecular weight is 459 g/mol. The molecule has 0 spiro atoms. The maximum absolute atomic E-state index is 12.9. The second kappa shape index (κ2) is 8.19. The highest BCUT2D eigenvalue weighted by Crippen LogP contribution is 2.62. The van der Waals surface area contributed by atoms with Crippen molar-refractivity contribution in [1.29, 1.82) is 0 Å². The van der Waals surface area contributed by atoms with Gasteiger partial charge in [0.05, 0.1) is 23.2 Å². The highest BCUT2D eigenvalue weighted by atomic mass is 16.5. The molecule has 0 aliphatic heterocycles. The zero-order valence-corrected chi connectivity index (χ0v) is 20.2. The number of allylic oxidation sites excluding steroid dienone is 1. The number of fused-ring (bicyclic) bond motifs is 2. The lowest BCUT2D eigenvalue weighted by Crippen LogP contribution is -2.59. The Morgan fingerprint density at radius 1 is 1.09 bits per heavy atom. The van der Waals surface area contributed by atoms with Gasteiger partial charge in [-0.1, -0.05) is 45.0 Å². The Morgan fingerprint density at radius 2 is 1.73 bits per heavy atom. The van der Waals surface area contributed by atoms with Gasteiger partial charge < -0.3 is 25.2 Å². The highest BCUT2D eigenvalue weighted by Gasteiger charge is 2.63. The van der Waals surface area contributed by atoms with E-state index < -0.39 is 41.4 Å². The van der Waals surface area contributed by atoms with Crippen LogP contribution in [0.2, 0.25) is 0 Å². The largest absolute Gasteiger partial charge is 0.458 e. The minimum absolute atomic E-state index is 0.0416. The predicted octanol–water partition coefficient (Wildman–Crippen LogP) is 3.08. The van der Waals surface area contributed by atoms with Crippen molar-refractivity contribution in [3.05, 3.63) is 47.5 Å². The summed E-state index contributed by atoms with van der Waals surface area (Å²) in [6, 6.07) is 8.57. The van der Waals surface area contributed by atoms with Gasteiger partial charge in [0.2, 0.25) is 0 Å². The second-order valence-electron chi connectivity index (χ2n) is 11.5. The second-order valence-corrected chi connectivity index (χ2v) is 11.5. The number of carbonyl (C=O) groups excluding carboxylic acids is 1. The molecule has 2 saturated carbocycles. The van der Waals surface area contributed by atoms with Crippen LogP contribution in [0.25, 0.3) is 0 Å². The number of benzene rings is 1. The molecule has 1 aromatic carbocycles. The van der Waals surface area contributed by atoms with E-state index in [9.17, 15) is 25.2 Å². The number of aliphatic hydroxyl groups excluding tert-OH is 2. The molecule has 6 heteroatoms. The summed E-state index contributed by atoms with van der Waals surface area (Å²) in [5, 5.41) is 46.0. The molecule has 3 aliphatic rings. The Labute approximate surface area is 196 Å². The van der Waals surface area contributed by atoms with Crippen LogP contribution in [-0.2, 0) is 4.74 Å². The van der Waals surface area contributed by atoms with Gasteiger partial charge >= 0.3 is 5.97 Å². The van der Waals surface area contributed by atoms with E-state index in [-0.39, 0.29) is 23.7 Å². The Morgan fingerprint density at radius 3 is 2.36 bits per heavy atom. The molecule has 9 atom stereocenters. The van der Waals surface area contributed by atoms with Crippen molar-refractivity contribution in [1.82, 2.24) is 0 Å². The average Bonchev–Trinajstić information content (AvgIpc) is 3.16. The minimum atomic E-state index is -1.75. The monoisotopic (exact) mass is 458 g/mol. The summed E-state index contributed by atoms with van der Waals surface area (Å²) in [7, 11) is 0. The van der Waals surface area contributed by atoms with E-state index in [0.717, 1.165) is 6.42 Å². The fourth-order valence-electron chi connectivity index (χ4n) is 6.53. The maximum atomic E-state index is 12.9. The topological polar surface area (TPSA) is 107 Å². The number of hydrogen-bond acceptors (Lipinski definition) is 6. The molecule has 6 nitrogen and oxygen atoms in total. The fourth-order valence-corrected chi connectivity index (χ4v) is 6.53. The summed E-state index contributed by atoms with van der Waals surface area (Å²) >= 11 is 0. The van der Waals surface area contributed by atoms with Crippen LogP contribution in [0.3, 0.4) is 0 Å². The van der Waals surface area contributed by atoms with E-state index in [1.807, 2.05) is 19.9 Å². The van der Waals surface area contributed by atoms with Crippen LogP contribution >= 0.6 is 0 Å². The predicted molar refractivity (Wildman–Crippen MR) is 124 cm³/mol. The van der Waals surface area contributed by atoms with Gasteiger partial charge in [-0.05, 0) is 74.0 Å². The van der Waals surface area contributed by atoms with Crippen LogP contribution in [0.15, 0.2) is 42.0 Å². The molecular weight excluding hydrogens is 420 g/mol. The molecule has 4 rings (SSSR count). The third kappa shape index (κ3) is 4.05. The summed E-state index contributed by atoms with van der Waals surface area (Å²) in [5.74, 6) is -1.35. The van der Waals surface area contributed by atoms with Crippen molar-refractivity contribution >= 4 is 5.97 Å². The minimum Gasteiger partial charge on any atom is -0.458 e. The van der Waals surface area contributed by atoms with Gasteiger partial charge in [-0.3, -0.25) is 0 Å². The molecule has 3 aliphatic carbocycles. The van der Waals surface area contributed by atoms with Gasteiger partial charge in [-0.2, -0.15) is 0 Å². The van der Waals surface area contributed by atoms with Crippen LogP contribution in [0, 0.1) is 29.1 Å². The lowest BCUT2D eigenvalue weighted by atomic mass is 9.73. The molecule has 0 aromatic heterocycles. The van der Waals surface area contributed by atoms with Crippen molar-refractivity contribution in [2.24, 2.45) is 29.1 Å². The summed E-state index contributed by atoms with van der Waals surface area (Å²) < 4.78 is 5.85. The van der Waals surface area contributed by atoms with Crippen LogP contribution in [0.4, 0.5) is 0 Å². The van der Waals surface area contributed by atoms with Crippen molar-refractivity contribution < 1.29 is 30.0 Å². The molecule has 0 bridgehead atoms. The van der Waals surface area contributed by atoms with Gasteiger partial charge in [0.25, 0.3) is 0 Å². The van der Waals surface area contributed by atoms with Gasteiger partial charge in [0, 0.05) is 0 Å². The highest BCUT2D eigenvalue weighted by molar-refractivity contribution is 5.89. The Kier molecular flexibility index (Phi) is 6.06. The normalized spacial score (nSPS) is 46.2. The van der Waals surface area contributed by atoms with E-state index in [1.165, 1.54) is 0 Å². The molecule has 0 saturated heterocycles. The number of aliphatic hydroxyl groups is 4.